The van der Waals surface area contributed by atoms with Gasteiger partial charge in [0.1, 0.15) is 5.69 Å². The molecule has 0 spiro atoms. The van der Waals surface area contributed by atoms with Crippen molar-refractivity contribution in [2.45, 2.75) is 0 Å². The monoisotopic (exact) mass is 410 g/mol. The summed E-state index contributed by atoms with van der Waals surface area (Å²) in [6.07, 6.45) is 3.19. The Hall–Kier alpha value is -1.80. The first kappa shape index (κ1) is 18.2. The number of benzene rings is 1. The second kappa shape index (κ2) is 8.00. The van der Waals surface area contributed by atoms with Crippen LogP contribution in [0.1, 0.15) is 16.1 Å². The molecule has 1 heterocycles. The molecule has 1 N–H and O–H groups in total. The summed E-state index contributed by atoms with van der Waals surface area (Å²) in [6.45, 7) is 0. The molecule has 5 nitrogen and oxygen atoms in total. The number of nitrogens with zero attached hydrogens (tertiary/aromatic N) is 3. The van der Waals surface area contributed by atoms with E-state index in [1.165, 1.54) is 6.21 Å². The van der Waals surface area contributed by atoms with Gasteiger partial charge in [-0.25, -0.2) is 5.43 Å². The van der Waals surface area contributed by atoms with Gasteiger partial charge in [-0.1, -0.05) is 6.07 Å². The third-order valence-corrected chi connectivity index (χ3v) is 2.95. The summed E-state index contributed by atoms with van der Waals surface area (Å²) >= 11 is 0. The van der Waals surface area contributed by atoms with Crippen molar-refractivity contribution in [3.8, 4) is 0 Å². The average molecular weight is 410 g/mol. The molecule has 22 heavy (non-hydrogen) atoms. The van der Waals surface area contributed by atoms with Gasteiger partial charge in [0.15, 0.2) is 0 Å². The number of carbonyl (C=O) groups excluding carboxylic acids is 1. The van der Waals surface area contributed by atoms with Crippen molar-refractivity contribution >= 4 is 17.8 Å². The molecular weight excluding hydrogens is 391 g/mol. The van der Waals surface area contributed by atoms with E-state index < -0.39 is 0 Å². The summed E-state index contributed by atoms with van der Waals surface area (Å²) in [5.74, 6) is -0.241. The van der Waals surface area contributed by atoms with Crippen LogP contribution < -0.4 is 33.9 Å². The lowest BCUT2D eigenvalue weighted by Gasteiger charge is -2.23. The van der Waals surface area contributed by atoms with Crippen molar-refractivity contribution < 1.29 is 28.8 Å². The number of halogens is 1. The van der Waals surface area contributed by atoms with Crippen LogP contribution in [0.15, 0.2) is 53.8 Å². The Labute approximate surface area is 147 Å². The molecule has 0 radical (unpaired) electrons. The van der Waals surface area contributed by atoms with E-state index in [0.29, 0.717) is 15.7 Å². The van der Waals surface area contributed by atoms with Gasteiger partial charge in [-0.3, -0.25) is 14.3 Å². The van der Waals surface area contributed by atoms with Gasteiger partial charge < -0.3 is 24.0 Å². The zero-order chi connectivity index (χ0) is 15.3. The van der Waals surface area contributed by atoms with Crippen LogP contribution in [-0.4, -0.2) is 38.2 Å². The molecule has 0 aliphatic heterocycles. The van der Waals surface area contributed by atoms with Crippen molar-refractivity contribution in [3.05, 3.63) is 59.9 Å². The van der Waals surface area contributed by atoms with Crippen LogP contribution in [0, 0.1) is 0 Å². The molecule has 0 fully saturated rings. The molecule has 1 aromatic carbocycles. The highest BCUT2D eigenvalue weighted by molar-refractivity contribution is 5.95. The van der Waals surface area contributed by atoms with E-state index in [2.05, 4.69) is 36.7 Å². The van der Waals surface area contributed by atoms with Gasteiger partial charge in [-0.05, 0) is 36.4 Å². The summed E-state index contributed by atoms with van der Waals surface area (Å²) in [5.41, 5.74) is 4.89. The summed E-state index contributed by atoms with van der Waals surface area (Å²) < 4.78 is 0.708. The van der Waals surface area contributed by atoms with E-state index in [1.54, 1.807) is 18.3 Å². The standard InChI is InChI=1S/C16H18N4O.HI/c1-20(2,3)15-9-7-13(8-10-15)16(21)19-18-12-14-6-4-5-11-17-14;/h4-12H,1-3H3;1H. The van der Waals surface area contributed by atoms with E-state index in [0.717, 1.165) is 5.69 Å². The number of aromatic nitrogens is 1. The first-order chi connectivity index (χ1) is 9.97. The van der Waals surface area contributed by atoms with Crippen LogP contribution in [0.5, 0.6) is 0 Å². The van der Waals surface area contributed by atoms with Gasteiger partial charge in [-0.2, -0.15) is 5.10 Å². The van der Waals surface area contributed by atoms with Gasteiger partial charge in [0.05, 0.1) is 33.1 Å². The van der Waals surface area contributed by atoms with Crippen LogP contribution in [0.2, 0.25) is 0 Å². The van der Waals surface area contributed by atoms with Crippen LogP contribution in [0.4, 0.5) is 5.69 Å². The topological polar surface area (TPSA) is 54.4 Å². The Bertz CT molecular complexity index is 633. The highest BCUT2D eigenvalue weighted by Gasteiger charge is 2.12. The Morgan fingerprint density at radius 3 is 2.36 bits per heavy atom. The van der Waals surface area contributed by atoms with Gasteiger partial charge in [0.25, 0.3) is 5.91 Å². The van der Waals surface area contributed by atoms with Crippen molar-refractivity contribution in [1.82, 2.24) is 14.9 Å². The van der Waals surface area contributed by atoms with Gasteiger partial charge >= 0.3 is 0 Å². The molecule has 0 saturated carbocycles. The maximum Gasteiger partial charge on any atom is 0.271 e. The Morgan fingerprint density at radius 1 is 1.14 bits per heavy atom. The van der Waals surface area contributed by atoms with Crippen LogP contribution in [-0.2, 0) is 0 Å². The average Bonchev–Trinajstić information content (AvgIpc) is 2.47. The second-order valence-electron chi connectivity index (χ2n) is 5.51. The summed E-state index contributed by atoms with van der Waals surface area (Å²) in [6, 6.07) is 13.0. The van der Waals surface area contributed by atoms with Gasteiger partial charge in [0.2, 0.25) is 0 Å². The molecular formula is C16H19IN4O. The minimum Gasteiger partial charge on any atom is -1.00 e. The summed E-state index contributed by atoms with van der Waals surface area (Å²) in [7, 11) is 6.23. The fourth-order valence-electron chi connectivity index (χ4n) is 1.73. The van der Waals surface area contributed by atoms with Gasteiger partial charge in [-0.15, -0.1) is 0 Å². The fourth-order valence-corrected chi connectivity index (χ4v) is 1.73. The van der Waals surface area contributed by atoms with Gasteiger partial charge in [0, 0.05) is 11.8 Å². The predicted octanol–water partition coefficient (Wildman–Crippen LogP) is -0.954. The number of nitrogens with one attached hydrogen (secondary N) is 1. The molecule has 2 aromatic rings. The Balaban J connectivity index is 0.00000242. The molecule has 0 aliphatic rings. The van der Waals surface area contributed by atoms with E-state index in [-0.39, 0.29) is 29.9 Å². The summed E-state index contributed by atoms with van der Waals surface area (Å²) in [4.78, 5) is 16.0. The minimum atomic E-state index is -0.241. The zero-order valence-electron chi connectivity index (χ0n) is 12.8. The van der Waals surface area contributed by atoms with Crippen LogP contribution >= 0.6 is 0 Å². The number of hydrazone groups is 1. The number of carbonyl (C=O) groups is 1. The lowest BCUT2D eigenvalue weighted by molar-refractivity contribution is -0.0000128. The second-order valence-corrected chi connectivity index (χ2v) is 5.51. The molecule has 0 bridgehead atoms. The molecule has 116 valence electrons. The lowest BCUT2D eigenvalue weighted by atomic mass is 10.2. The molecule has 0 saturated heterocycles. The number of rotatable bonds is 4. The van der Waals surface area contributed by atoms with Crippen molar-refractivity contribution in [1.29, 1.82) is 0 Å². The maximum absolute atomic E-state index is 11.9. The van der Waals surface area contributed by atoms with Crippen LogP contribution in [0.3, 0.4) is 0 Å². The molecule has 0 atom stereocenters. The quantitative estimate of drug-likeness (QED) is 0.306. The SMILES string of the molecule is C[N+](C)(C)c1ccc(C(=O)N/N=C/c2ccccn2)cc1.[I-]. The molecule has 6 heteroatoms. The number of hydrogen-bond acceptors (Lipinski definition) is 3. The molecule has 1 amide bonds. The third kappa shape index (κ3) is 5.19. The Morgan fingerprint density at radius 2 is 1.82 bits per heavy atom. The molecule has 0 unspecified atom stereocenters. The Kier molecular flexibility index (Phi) is 6.63. The summed E-state index contributed by atoms with van der Waals surface area (Å²) in [5, 5.41) is 3.90. The fraction of sp³-hybridized carbons (Fsp3) is 0.188. The first-order valence-corrected chi connectivity index (χ1v) is 6.63. The van der Waals surface area contributed by atoms with E-state index in [4.69, 9.17) is 0 Å². The van der Waals surface area contributed by atoms with E-state index in [9.17, 15) is 4.79 Å². The minimum absolute atomic E-state index is 0. The zero-order valence-corrected chi connectivity index (χ0v) is 15.0. The number of pyridine rings is 1. The number of quaternary nitrogens is 1. The van der Waals surface area contributed by atoms with E-state index in [1.807, 2.05) is 30.3 Å². The largest absolute Gasteiger partial charge is 1.00 e. The number of amides is 1. The van der Waals surface area contributed by atoms with E-state index >= 15 is 0 Å². The first-order valence-electron chi connectivity index (χ1n) is 6.63. The third-order valence-electron chi connectivity index (χ3n) is 2.95. The molecule has 0 aliphatic carbocycles. The maximum atomic E-state index is 11.9. The predicted molar refractivity (Wildman–Crippen MR) is 85.3 cm³/mol. The highest BCUT2D eigenvalue weighted by atomic mass is 127. The van der Waals surface area contributed by atoms with Crippen molar-refractivity contribution in [3.63, 3.8) is 0 Å². The normalized spacial score (nSPS) is 11.0. The number of hydrogen-bond donors (Lipinski definition) is 1. The smallest absolute Gasteiger partial charge is 0.271 e. The van der Waals surface area contributed by atoms with Crippen LogP contribution in [0.25, 0.3) is 0 Å². The molecule has 1 aromatic heterocycles. The highest BCUT2D eigenvalue weighted by Crippen LogP contribution is 2.17. The lowest BCUT2D eigenvalue weighted by Crippen LogP contribution is -3.00. The van der Waals surface area contributed by atoms with Crippen molar-refractivity contribution in [2.24, 2.45) is 5.10 Å². The molecule has 2 rings (SSSR count). The van der Waals surface area contributed by atoms with Crippen molar-refractivity contribution in [2.75, 3.05) is 21.1 Å².